The van der Waals surface area contributed by atoms with Crippen molar-refractivity contribution in [2.45, 2.75) is 58.5 Å². The molecule has 14 heavy (non-hydrogen) atoms. The van der Waals surface area contributed by atoms with Crippen molar-refractivity contribution in [3.63, 3.8) is 0 Å². The van der Waals surface area contributed by atoms with E-state index in [9.17, 15) is 0 Å². The second-order valence-electron chi connectivity index (χ2n) is 4.75. The zero-order valence-electron chi connectivity index (χ0n) is 9.66. The minimum absolute atomic E-state index is 0.495. The second-order valence-corrected chi connectivity index (χ2v) is 4.75. The van der Waals surface area contributed by atoms with Gasteiger partial charge in [-0.15, -0.1) is 0 Å². The van der Waals surface area contributed by atoms with E-state index in [2.05, 4.69) is 31.7 Å². The molecule has 0 bridgehead atoms. The summed E-state index contributed by atoms with van der Waals surface area (Å²) in [5, 5.41) is 8.78. The highest BCUT2D eigenvalue weighted by atomic mass is 15.2. The molecule has 0 aliphatic heterocycles. The summed E-state index contributed by atoms with van der Waals surface area (Å²) >= 11 is 0. The molecule has 1 aliphatic carbocycles. The Labute approximate surface area is 87.9 Å². The summed E-state index contributed by atoms with van der Waals surface area (Å²) in [6.45, 7) is 7.87. The normalized spacial score (nSPS) is 18.6. The van der Waals surface area contributed by atoms with Crippen LogP contribution in [0.1, 0.15) is 46.5 Å². The van der Waals surface area contributed by atoms with E-state index in [1.54, 1.807) is 0 Å². The fourth-order valence-electron chi connectivity index (χ4n) is 2.03. The highest BCUT2D eigenvalue weighted by Crippen LogP contribution is 2.30. The number of hydrogen-bond acceptors (Lipinski definition) is 2. The van der Waals surface area contributed by atoms with Crippen molar-refractivity contribution in [1.82, 2.24) is 4.90 Å². The average Bonchev–Trinajstić information content (AvgIpc) is 2.93. The zero-order valence-corrected chi connectivity index (χ0v) is 9.66. The van der Waals surface area contributed by atoms with E-state index in [-0.39, 0.29) is 0 Å². The molecule has 0 aromatic heterocycles. The Bertz CT molecular complexity index is 201. The maximum absolute atomic E-state index is 8.78. The summed E-state index contributed by atoms with van der Waals surface area (Å²) in [7, 11) is 0. The summed E-state index contributed by atoms with van der Waals surface area (Å²) in [6, 6.07) is 3.60. The molecule has 2 nitrogen and oxygen atoms in total. The first-order chi connectivity index (χ1) is 6.69. The highest BCUT2D eigenvalue weighted by Gasteiger charge is 2.33. The first-order valence-electron chi connectivity index (χ1n) is 5.81. The van der Waals surface area contributed by atoms with Crippen LogP contribution in [0, 0.1) is 17.2 Å². The predicted molar refractivity (Wildman–Crippen MR) is 58.9 cm³/mol. The molecule has 1 atom stereocenters. The molecule has 1 aliphatic rings. The average molecular weight is 194 g/mol. The van der Waals surface area contributed by atoms with Crippen LogP contribution in [0.5, 0.6) is 0 Å². The molecule has 0 N–H and O–H groups in total. The van der Waals surface area contributed by atoms with E-state index < -0.39 is 0 Å². The summed E-state index contributed by atoms with van der Waals surface area (Å²) < 4.78 is 0. The van der Waals surface area contributed by atoms with Crippen LogP contribution in [0.2, 0.25) is 0 Å². The van der Waals surface area contributed by atoms with Gasteiger partial charge in [-0.25, -0.2) is 0 Å². The first kappa shape index (κ1) is 11.5. The summed E-state index contributed by atoms with van der Waals surface area (Å²) in [5.41, 5.74) is 0. The molecule has 80 valence electrons. The Kier molecular flexibility index (Phi) is 4.41. The fraction of sp³-hybridized carbons (Fsp3) is 0.917. The van der Waals surface area contributed by atoms with Crippen LogP contribution < -0.4 is 0 Å². The van der Waals surface area contributed by atoms with Crippen LogP contribution in [0.3, 0.4) is 0 Å². The Morgan fingerprint density at radius 1 is 1.43 bits per heavy atom. The van der Waals surface area contributed by atoms with Crippen molar-refractivity contribution in [3.8, 4) is 6.07 Å². The van der Waals surface area contributed by atoms with Crippen molar-refractivity contribution in [1.29, 1.82) is 5.26 Å². The number of nitrogens with zero attached hydrogens (tertiary/aromatic N) is 2. The van der Waals surface area contributed by atoms with E-state index in [1.807, 2.05) is 0 Å². The van der Waals surface area contributed by atoms with Crippen LogP contribution >= 0.6 is 0 Å². The van der Waals surface area contributed by atoms with Gasteiger partial charge in [-0.2, -0.15) is 5.26 Å². The lowest BCUT2D eigenvalue weighted by molar-refractivity contribution is 0.162. The van der Waals surface area contributed by atoms with Gasteiger partial charge >= 0.3 is 0 Å². The van der Waals surface area contributed by atoms with Gasteiger partial charge in [0.2, 0.25) is 0 Å². The third-order valence-corrected chi connectivity index (χ3v) is 2.86. The van der Waals surface area contributed by atoms with Crippen molar-refractivity contribution < 1.29 is 0 Å². The number of rotatable bonds is 6. The Morgan fingerprint density at radius 3 is 2.43 bits per heavy atom. The molecule has 1 unspecified atom stereocenters. The molecular formula is C12H22N2. The zero-order chi connectivity index (χ0) is 10.6. The van der Waals surface area contributed by atoms with Crippen LogP contribution in [0.25, 0.3) is 0 Å². The Morgan fingerprint density at radius 2 is 2.07 bits per heavy atom. The maximum atomic E-state index is 8.78. The SMILES string of the molecule is CCC(CC#N)N(CC(C)C)C1CC1. The van der Waals surface area contributed by atoms with E-state index in [4.69, 9.17) is 5.26 Å². The molecule has 0 aromatic rings. The first-order valence-corrected chi connectivity index (χ1v) is 5.81. The summed E-state index contributed by atoms with van der Waals surface area (Å²) in [6.07, 6.45) is 4.49. The Hall–Kier alpha value is -0.550. The lowest BCUT2D eigenvalue weighted by Crippen LogP contribution is -2.39. The molecule has 2 heteroatoms. The van der Waals surface area contributed by atoms with E-state index in [1.165, 1.54) is 12.8 Å². The molecule has 1 saturated carbocycles. The molecule has 0 heterocycles. The van der Waals surface area contributed by atoms with Gasteiger partial charge in [0.1, 0.15) is 0 Å². The van der Waals surface area contributed by atoms with Gasteiger partial charge in [-0.3, -0.25) is 4.90 Å². The van der Waals surface area contributed by atoms with Crippen LogP contribution in [0.15, 0.2) is 0 Å². The van der Waals surface area contributed by atoms with Gasteiger partial charge in [-0.05, 0) is 25.2 Å². The van der Waals surface area contributed by atoms with Crippen molar-refractivity contribution in [2.75, 3.05) is 6.54 Å². The smallest absolute Gasteiger partial charge is 0.0638 e. The molecular weight excluding hydrogens is 172 g/mol. The predicted octanol–water partition coefficient (Wildman–Crippen LogP) is 2.80. The minimum atomic E-state index is 0.495. The highest BCUT2D eigenvalue weighted by molar-refractivity contribution is 4.92. The van der Waals surface area contributed by atoms with Gasteiger partial charge in [0.05, 0.1) is 12.5 Å². The van der Waals surface area contributed by atoms with E-state index in [0.717, 1.165) is 19.0 Å². The molecule has 1 rings (SSSR count). The molecule has 0 aromatic carbocycles. The standard InChI is InChI=1S/C12H22N2/c1-4-11(7-8-13)14(9-10(2)3)12-5-6-12/h10-12H,4-7,9H2,1-3H3. The van der Waals surface area contributed by atoms with E-state index in [0.29, 0.717) is 18.4 Å². The third-order valence-electron chi connectivity index (χ3n) is 2.86. The lowest BCUT2D eigenvalue weighted by Gasteiger charge is -2.31. The van der Waals surface area contributed by atoms with Gasteiger partial charge < -0.3 is 0 Å². The quantitative estimate of drug-likeness (QED) is 0.650. The molecule has 0 radical (unpaired) electrons. The molecule has 0 amide bonds. The topological polar surface area (TPSA) is 27.0 Å². The summed E-state index contributed by atoms with van der Waals surface area (Å²) in [4.78, 5) is 2.56. The molecule has 0 spiro atoms. The minimum Gasteiger partial charge on any atom is -0.296 e. The van der Waals surface area contributed by atoms with Crippen molar-refractivity contribution >= 4 is 0 Å². The van der Waals surface area contributed by atoms with Gasteiger partial charge in [0.15, 0.2) is 0 Å². The number of hydrogen-bond donors (Lipinski definition) is 0. The van der Waals surface area contributed by atoms with Crippen LogP contribution in [-0.4, -0.2) is 23.5 Å². The van der Waals surface area contributed by atoms with Gasteiger partial charge in [0.25, 0.3) is 0 Å². The monoisotopic (exact) mass is 194 g/mol. The largest absolute Gasteiger partial charge is 0.296 e. The molecule has 1 fully saturated rings. The van der Waals surface area contributed by atoms with Gasteiger partial charge in [0, 0.05) is 18.6 Å². The van der Waals surface area contributed by atoms with E-state index >= 15 is 0 Å². The van der Waals surface area contributed by atoms with Crippen LogP contribution in [-0.2, 0) is 0 Å². The summed E-state index contributed by atoms with van der Waals surface area (Å²) in [5.74, 6) is 0.711. The van der Waals surface area contributed by atoms with Crippen LogP contribution in [0.4, 0.5) is 0 Å². The fourth-order valence-corrected chi connectivity index (χ4v) is 2.03. The van der Waals surface area contributed by atoms with Gasteiger partial charge in [-0.1, -0.05) is 20.8 Å². The molecule has 0 saturated heterocycles. The Balaban J connectivity index is 2.50. The van der Waals surface area contributed by atoms with Crippen molar-refractivity contribution in [2.24, 2.45) is 5.92 Å². The third kappa shape index (κ3) is 3.31. The second kappa shape index (κ2) is 5.36. The lowest BCUT2D eigenvalue weighted by atomic mass is 10.1. The van der Waals surface area contributed by atoms with Crippen molar-refractivity contribution in [3.05, 3.63) is 0 Å². The maximum Gasteiger partial charge on any atom is 0.0638 e. The number of nitriles is 1.